The molecule has 0 N–H and O–H groups in total. The fourth-order valence-electron chi connectivity index (χ4n) is 5.21. The van der Waals surface area contributed by atoms with Crippen LogP contribution in [0.5, 0.6) is 0 Å². The van der Waals surface area contributed by atoms with E-state index in [1.807, 2.05) is 0 Å². The quantitative estimate of drug-likeness (QED) is 0.771. The van der Waals surface area contributed by atoms with Crippen molar-refractivity contribution in [3.63, 3.8) is 0 Å². The van der Waals surface area contributed by atoms with Gasteiger partial charge < -0.3 is 14.4 Å². The molecule has 2 atom stereocenters. The second-order valence-electron chi connectivity index (χ2n) is 9.39. The largest absolute Gasteiger partial charge is 0.377 e. The Kier molecular flexibility index (Phi) is 4.45. The van der Waals surface area contributed by atoms with Gasteiger partial charge in [-0.2, -0.15) is 0 Å². The summed E-state index contributed by atoms with van der Waals surface area (Å²) in [6, 6.07) is 1.28. The SMILES string of the molecule is CC(C)N1CC2(COC(CC(C)N3CC4(CN(C)CCO4)C3)C2)C1. The highest BCUT2D eigenvalue weighted by atomic mass is 16.5. The maximum absolute atomic E-state index is 6.19. The molecule has 24 heavy (non-hydrogen) atoms. The number of ether oxygens (including phenoxy) is 2. The molecule has 4 fully saturated rings. The maximum atomic E-state index is 6.19. The lowest BCUT2D eigenvalue weighted by molar-refractivity contribution is -0.190. The third-order valence-corrected chi connectivity index (χ3v) is 6.74. The summed E-state index contributed by atoms with van der Waals surface area (Å²) in [6.07, 6.45) is 2.90. The van der Waals surface area contributed by atoms with E-state index in [0.29, 0.717) is 23.6 Å². The molecule has 4 rings (SSSR count). The van der Waals surface area contributed by atoms with Crippen LogP contribution in [-0.4, -0.2) is 98.0 Å². The third kappa shape index (κ3) is 3.14. The minimum atomic E-state index is 0.116. The van der Waals surface area contributed by atoms with E-state index >= 15 is 0 Å². The monoisotopic (exact) mass is 337 g/mol. The number of rotatable bonds is 4. The summed E-state index contributed by atoms with van der Waals surface area (Å²) in [6.45, 7) is 15.7. The van der Waals surface area contributed by atoms with Gasteiger partial charge in [0.05, 0.1) is 19.3 Å². The molecule has 0 saturated carbocycles. The minimum absolute atomic E-state index is 0.116. The first kappa shape index (κ1) is 17.2. The van der Waals surface area contributed by atoms with Gasteiger partial charge in [-0.15, -0.1) is 0 Å². The predicted octanol–water partition coefficient (Wildman–Crippen LogP) is 1.28. The zero-order valence-corrected chi connectivity index (χ0v) is 16.0. The van der Waals surface area contributed by atoms with Crippen molar-refractivity contribution in [3.05, 3.63) is 0 Å². The maximum Gasteiger partial charge on any atom is 0.106 e. The number of likely N-dealkylation sites (tertiary alicyclic amines) is 2. The molecule has 0 bridgehead atoms. The summed E-state index contributed by atoms with van der Waals surface area (Å²) in [7, 11) is 2.21. The van der Waals surface area contributed by atoms with Crippen LogP contribution in [0.15, 0.2) is 0 Å². The van der Waals surface area contributed by atoms with Crippen molar-refractivity contribution in [1.29, 1.82) is 0 Å². The van der Waals surface area contributed by atoms with Crippen molar-refractivity contribution in [2.24, 2.45) is 5.41 Å². The number of likely N-dealkylation sites (N-methyl/N-ethyl adjacent to an activating group) is 1. The molecule has 4 aliphatic rings. The van der Waals surface area contributed by atoms with Crippen LogP contribution in [0.4, 0.5) is 0 Å². The number of hydrogen-bond donors (Lipinski definition) is 0. The molecule has 138 valence electrons. The Bertz CT molecular complexity index is 458. The van der Waals surface area contributed by atoms with Gasteiger partial charge in [0.25, 0.3) is 0 Å². The zero-order valence-electron chi connectivity index (χ0n) is 16.0. The molecule has 4 heterocycles. The lowest BCUT2D eigenvalue weighted by Crippen LogP contribution is -2.71. The van der Waals surface area contributed by atoms with Crippen LogP contribution >= 0.6 is 0 Å². The molecular formula is C19H35N3O2. The second kappa shape index (κ2) is 6.20. The fraction of sp³-hybridized carbons (Fsp3) is 1.00. The lowest BCUT2D eigenvalue weighted by atomic mass is 9.76. The highest BCUT2D eigenvalue weighted by Crippen LogP contribution is 2.43. The number of hydrogen-bond acceptors (Lipinski definition) is 5. The van der Waals surface area contributed by atoms with E-state index in [1.165, 1.54) is 25.9 Å². The average molecular weight is 338 g/mol. The highest BCUT2D eigenvalue weighted by Gasteiger charge is 2.51. The van der Waals surface area contributed by atoms with Gasteiger partial charge in [-0.3, -0.25) is 9.80 Å². The molecule has 0 aromatic heterocycles. The normalized spacial score (nSPS) is 34.6. The van der Waals surface area contributed by atoms with Gasteiger partial charge in [-0.25, -0.2) is 0 Å². The van der Waals surface area contributed by atoms with E-state index in [-0.39, 0.29) is 5.60 Å². The minimum Gasteiger partial charge on any atom is -0.377 e. The summed E-state index contributed by atoms with van der Waals surface area (Å²) in [5.74, 6) is 0. The smallest absolute Gasteiger partial charge is 0.106 e. The molecule has 4 saturated heterocycles. The van der Waals surface area contributed by atoms with Crippen LogP contribution in [0.1, 0.15) is 33.6 Å². The summed E-state index contributed by atoms with van der Waals surface area (Å²) < 4.78 is 12.3. The molecule has 4 aliphatic heterocycles. The lowest BCUT2D eigenvalue weighted by Gasteiger charge is -2.55. The van der Waals surface area contributed by atoms with Crippen molar-refractivity contribution in [2.45, 2.75) is 57.4 Å². The van der Waals surface area contributed by atoms with Gasteiger partial charge in [0.15, 0.2) is 0 Å². The molecule has 2 spiro atoms. The predicted molar refractivity (Wildman–Crippen MR) is 95.3 cm³/mol. The Hall–Kier alpha value is -0.200. The van der Waals surface area contributed by atoms with E-state index in [9.17, 15) is 0 Å². The van der Waals surface area contributed by atoms with Crippen molar-refractivity contribution < 1.29 is 9.47 Å². The fourth-order valence-corrected chi connectivity index (χ4v) is 5.21. The van der Waals surface area contributed by atoms with Crippen LogP contribution < -0.4 is 0 Å². The molecule has 5 nitrogen and oxygen atoms in total. The van der Waals surface area contributed by atoms with Gasteiger partial charge in [0, 0.05) is 56.8 Å². The molecule has 2 unspecified atom stereocenters. The van der Waals surface area contributed by atoms with Crippen molar-refractivity contribution in [2.75, 3.05) is 59.5 Å². The first-order chi connectivity index (χ1) is 11.4. The van der Waals surface area contributed by atoms with Crippen LogP contribution in [0.3, 0.4) is 0 Å². The van der Waals surface area contributed by atoms with E-state index in [0.717, 1.165) is 39.4 Å². The van der Waals surface area contributed by atoms with Crippen LogP contribution in [0, 0.1) is 5.41 Å². The van der Waals surface area contributed by atoms with Crippen molar-refractivity contribution in [1.82, 2.24) is 14.7 Å². The van der Waals surface area contributed by atoms with Crippen LogP contribution in [0.2, 0.25) is 0 Å². The van der Waals surface area contributed by atoms with Gasteiger partial charge in [-0.1, -0.05) is 0 Å². The molecule has 0 aliphatic carbocycles. The number of nitrogens with zero attached hydrogens (tertiary/aromatic N) is 3. The van der Waals surface area contributed by atoms with Gasteiger partial charge in [0.1, 0.15) is 5.60 Å². The molecule has 0 aromatic carbocycles. The Labute approximate surface area is 147 Å². The summed E-state index contributed by atoms with van der Waals surface area (Å²) in [5.41, 5.74) is 0.588. The average Bonchev–Trinajstić information content (AvgIpc) is 2.87. The first-order valence-corrected chi connectivity index (χ1v) is 9.81. The van der Waals surface area contributed by atoms with Crippen LogP contribution in [-0.2, 0) is 9.47 Å². The molecule has 0 radical (unpaired) electrons. The second-order valence-corrected chi connectivity index (χ2v) is 9.39. The Morgan fingerprint density at radius 3 is 2.46 bits per heavy atom. The topological polar surface area (TPSA) is 28.2 Å². The van der Waals surface area contributed by atoms with E-state index < -0.39 is 0 Å². The third-order valence-electron chi connectivity index (χ3n) is 6.74. The van der Waals surface area contributed by atoms with Gasteiger partial charge in [-0.05, 0) is 40.7 Å². The Balaban J connectivity index is 1.22. The first-order valence-electron chi connectivity index (χ1n) is 9.81. The Morgan fingerprint density at radius 1 is 1.04 bits per heavy atom. The molecular weight excluding hydrogens is 302 g/mol. The van der Waals surface area contributed by atoms with E-state index in [1.54, 1.807) is 0 Å². The zero-order chi connectivity index (χ0) is 16.9. The van der Waals surface area contributed by atoms with E-state index in [4.69, 9.17) is 9.47 Å². The Morgan fingerprint density at radius 2 is 1.79 bits per heavy atom. The highest BCUT2D eigenvalue weighted by molar-refractivity contribution is 5.04. The van der Waals surface area contributed by atoms with E-state index in [2.05, 4.69) is 42.5 Å². The molecule has 0 aromatic rings. The standard InChI is InChI=1S/C19H35N3O2/c1-15(2)21-9-18(10-21)8-17(23-14-18)7-16(3)22-12-19(13-22)11-20(4)5-6-24-19/h15-17H,5-14H2,1-4H3. The van der Waals surface area contributed by atoms with Gasteiger partial charge in [0.2, 0.25) is 0 Å². The summed E-state index contributed by atoms with van der Waals surface area (Å²) in [4.78, 5) is 7.58. The van der Waals surface area contributed by atoms with Crippen LogP contribution in [0.25, 0.3) is 0 Å². The summed E-state index contributed by atoms with van der Waals surface area (Å²) in [5, 5.41) is 0. The van der Waals surface area contributed by atoms with Crippen molar-refractivity contribution in [3.8, 4) is 0 Å². The van der Waals surface area contributed by atoms with Gasteiger partial charge >= 0.3 is 0 Å². The van der Waals surface area contributed by atoms with Crippen molar-refractivity contribution >= 4 is 0 Å². The summed E-state index contributed by atoms with van der Waals surface area (Å²) >= 11 is 0. The number of morpholine rings is 1. The molecule has 0 amide bonds. The molecule has 5 heteroatoms.